The third-order valence-corrected chi connectivity index (χ3v) is 3.00. The van der Waals surface area contributed by atoms with E-state index in [4.69, 9.17) is 26.2 Å². The molecule has 0 radical (unpaired) electrons. The summed E-state index contributed by atoms with van der Waals surface area (Å²) in [6.45, 7) is 3.30. The molecule has 0 bridgehead atoms. The maximum atomic E-state index is 9.14. The second-order valence-corrected chi connectivity index (χ2v) is 4.36. The number of hydrogen-bond donors (Lipinski definition) is 1. The fraction of sp³-hybridized carbons (Fsp3) is 0.500. The van der Waals surface area contributed by atoms with Gasteiger partial charge in [-0.3, -0.25) is 0 Å². The zero-order valence-electron chi connectivity index (χ0n) is 9.20. The van der Waals surface area contributed by atoms with E-state index in [-0.39, 0.29) is 12.5 Å². The summed E-state index contributed by atoms with van der Waals surface area (Å²) < 4.78 is 11.1. The van der Waals surface area contributed by atoms with Crippen molar-refractivity contribution in [1.29, 1.82) is 0 Å². The monoisotopic (exact) mass is 242 g/mol. The number of fused-ring (bicyclic) bond motifs is 1. The number of rotatable bonds is 2. The summed E-state index contributed by atoms with van der Waals surface area (Å²) in [5.74, 6) is 1.42. The minimum atomic E-state index is 0.00431. The zero-order chi connectivity index (χ0) is 11.5. The topological polar surface area (TPSA) is 38.7 Å². The molecule has 1 heterocycles. The average molecular weight is 243 g/mol. The summed E-state index contributed by atoms with van der Waals surface area (Å²) in [5, 5.41) is 9.76. The number of ether oxygens (including phenoxy) is 2. The molecule has 1 aromatic rings. The molecule has 0 spiro atoms. The van der Waals surface area contributed by atoms with E-state index in [9.17, 15) is 0 Å². The van der Waals surface area contributed by atoms with Gasteiger partial charge in [-0.15, -0.1) is 0 Å². The third kappa shape index (κ3) is 2.25. The normalized spacial score (nSPS) is 16.7. The van der Waals surface area contributed by atoms with Crippen LogP contribution < -0.4 is 9.47 Å². The average Bonchev–Trinajstić information content (AvgIpc) is 2.51. The van der Waals surface area contributed by atoms with E-state index >= 15 is 0 Å². The molecule has 0 amide bonds. The summed E-state index contributed by atoms with van der Waals surface area (Å²) >= 11 is 6.14. The van der Waals surface area contributed by atoms with Crippen LogP contribution in [-0.2, 0) is 0 Å². The first-order valence-corrected chi connectivity index (χ1v) is 5.80. The van der Waals surface area contributed by atoms with Gasteiger partial charge in [0, 0.05) is 30.0 Å². The first-order chi connectivity index (χ1) is 7.72. The van der Waals surface area contributed by atoms with Gasteiger partial charge in [0.05, 0.1) is 13.2 Å². The van der Waals surface area contributed by atoms with E-state index in [1.54, 1.807) is 6.07 Å². The van der Waals surface area contributed by atoms with Crippen LogP contribution in [0, 0.1) is 0 Å². The van der Waals surface area contributed by atoms with Crippen molar-refractivity contribution in [2.45, 2.75) is 19.3 Å². The Kier molecular flexibility index (Phi) is 3.56. The van der Waals surface area contributed by atoms with Crippen LogP contribution in [0.2, 0.25) is 5.02 Å². The molecule has 1 aliphatic rings. The Balaban J connectivity index is 2.38. The second kappa shape index (κ2) is 4.93. The SMILES string of the molecule is CC(CO)c1cc2c(cc1Cl)OCCCO2. The summed E-state index contributed by atoms with van der Waals surface area (Å²) in [5.41, 5.74) is 0.897. The fourth-order valence-corrected chi connectivity index (χ4v) is 2.02. The molecule has 3 nitrogen and oxygen atoms in total. The van der Waals surface area contributed by atoms with Gasteiger partial charge in [-0.1, -0.05) is 18.5 Å². The lowest BCUT2D eigenvalue weighted by molar-refractivity contribution is 0.272. The van der Waals surface area contributed by atoms with Crippen molar-refractivity contribution in [3.63, 3.8) is 0 Å². The Labute approximate surface area is 99.9 Å². The van der Waals surface area contributed by atoms with Crippen LogP contribution in [0.5, 0.6) is 11.5 Å². The lowest BCUT2D eigenvalue weighted by Gasteiger charge is -2.14. The molecule has 0 fully saturated rings. The first kappa shape index (κ1) is 11.6. The predicted octanol–water partition coefficient (Wildman–Crippen LogP) is 2.60. The quantitative estimate of drug-likeness (QED) is 0.867. The molecule has 1 aromatic carbocycles. The largest absolute Gasteiger partial charge is 0.490 e. The summed E-state index contributed by atoms with van der Waals surface area (Å²) in [4.78, 5) is 0. The Hall–Kier alpha value is -0.930. The van der Waals surface area contributed by atoms with Crippen molar-refractivity contribution in [3.05, 3.63) is 22.7 Å². The Morgan fingerprint density at radius 3 is 2.56 bits per heavy atom. The molecular weight excluding hydrogens is 228 g/mol. The third-order valence-electron chi connectivity index (χ3n) is 2.67. The van der Waals surface area contributed by atoms with Crippen LogP contribution in [0.15, 0.2) is 12.1 Å². The Bertz CT molecular complexity index is 379. The number of benzene rings is 1. The highest BCUT2D eigenvalue weighted by molar-refractivity contribution is 6.31. The number of halogens is 1. The van der Waals surface area contributed by atoms with E-state index < -0.39 is 0 Å². The summed E-state index contributed by atoms with van der Waals surface area (Å²) in [6, 6.07) is 3.63. The lowest BCUT2D eigenvalue weighted by Crippen LogP contribution is -2.01. The van der Waals surface area contributed by atoms with Crippen LogP contribution in [0.3, 0.4) is 0 Å². The zero-order valence-corrected chi connectivity index (χ0v) is 9.96. The molecule has 16 heavy (non-hydrogen) atoms. The standard InChI is InChI=1S/C12H15ClO3/c1-8(7-14)9-5-11-12(6-10(9)13)16-4-2-3-15-11/h5-6,8,14H,2-4,7H2,1H3. The molecule has 1 unspecified atom stereocenters. The van der Waals surface area contributed by atoms with Crippen molar-refractivity contribution in [1.82, 2.24) is 0 Å². The molecule has 0 saturated heterocycles. The van der Waals surface area contributed by atoms with E-state index in [0.717, 1.165) is 17.7 Å². The van der Waals surface area contributed by atoms with Crippen LogP contribution in [-0.4, -0.2) is 24.9 Å². The highest BCUT2D eigenvalue weighted by Crippen LogP contribution is 2.37. The Morgan fingerprint density at radius 2 is 1.94 bits per heavy atom. The van der Waals surface area contributed by atoms with Crippen molar-refractivity contribution < 1.29 is 14.6 Å². The highest BCUT2D eigenvalue weighted by atomic mass is 35.5. The molecule has 0 aromatic heterocycles. The van der Waals surface area contributed by atoms with Crippen molar-refractivity contribution in [2.24, 2.45) is 0 Å². The van der Waals surface area contributed by atoms with Crippen molar-refractivity contribution >= 4 is 11.6 Å². The van der Waals surface area contributed by atoms with Gasteiger partial charge in [0.25, 0.3) is 0 Å². The minimum Gasteiger partial charge on any atom is -0.490 e. The van der Waals surface area contributed by atoms with Crippen LogP contribution in [0.4, 0.5) is 0 Å². The van der Waals surface area contributed by atoms with Gasteiger partial charge < -0.3 is 14.6 Å². The molecule has 1 atom stereocenters. The first-order valence-electron chi connectivity index (χ1n) is 5.42. The lowest BCUT2D eigenvalue weighted by atomic mass is 10.0. The van der Waals surface area contributed by atoms with E-state index in [0.29, 0.717) is 24.0 Å². The van der Waals surface area contributed by atoms with Gasteiger partial charge >= 0.3 is 0 Å². The number of hydrogen-bond acceptors (Lipinski definition) is 3. The van der Waals surface area contributed by atoms with Gasteiger partial charge in [0.2, 0.25) is 0 Å². The molecule has 0 saturated carbocycles. The van der Waals surface area contributed by atoms with Crippen LogP contribution in [0.25, 0.3) is 0 Å². The predicted molar refractivity (Wildman–Crippen MR) is 62.6 cm³/mol. The second-order valence-electron chi connectivity index (χ2n) is 3.95. The number of aliphatic hydroxyl groups excluding tert-OH is 1. The van der Waals surface area contributed by atoms with Gasteiger partial charge in [-0.25, -0.2) is 0 Å². The Morgan fingerprint density at radius 1 is 1.31 bits per heavy atom. The molecule has 88 valence electrons. The molecule has 0 aliphatic carbocycles. The van der Waals surface area contributed by atoms with Crippen molar-refractivity contribution in [2.75, 3.05) is 19.8 Å². The van der Waals surface area contributed by atoms with E-state index in [1.807, 2.05) is 13.0 Å². The smallest absolute Gasteiger partial charge is 0.162 e. The van der Waals surface area contributed by atoms with Gasteiger partial charge in [-0.05, 0) is 11.6 Å². The van der Waals surface area contributed by atoms with Gasteiger partial charge in [0.1, 0.15) is 0 Å². The summed E-state index contributed by atoms with van der Waals surface area (Å²) in [6.07, 6.45) is 0.872. The molecule has 2 rings (SSSR count). The van der Waals surface area contributed by atoms with Gasteiger partial charge in [0.15, 0.2) is 11.5 Å². The fourth-order valence-electron chi connectivity index (χ4n) is 1.68. The molecule has 1 N–H and O–H groups in total. The van der Waals surface area contributed by atoms with E-state index in [2.05, 4.69) is 0 Å². The minimum absolute atomic E-state index is 0.00431. The maximum Gasteiger partial charge on any atom is 0.162 e. The van der Waals surface area contributed by atoms with E-state index in [1.165, 1.54) is 0 Å². The van der Waals surface area contributed by atoms with Gasteiger partial charge in [-0.2, -0.15) is 0 Å². The summed E-state index contributed by atoms with van der Waals surface area (Å²) in [7, 11) is 0. The highest BCUT2D eigenvalue weighted by Gasteiger charge is 2.16. The molecule has 1 aliphatic heterocycles. The maximum absolute atomic E-state index is 9.14. The molecule has 4 heteroatoms. The molecular formula is C12H15ClO3. The van der Waals surface area contributed by atoms with Crippen molar-refractivity contribution in [3.8, 4) is 11.5 Å². The van der Waals surface area contributed by atoms with Crippen LogP contribution in [0.1, 0.15) is 24.8 Å². The number of aliphatic hydroxyl groups is 1. The van der Waals surface area contributed by atoms with Crippen LogP contribution >= 0.6 is 11.6 Å².